The molecule has 0 aliphatic carbocycles. The third-order valence-electron chi connectivity index (χ3n) is 4.34. The van der Waals surface area contributed by atoms with Crippen molar-refractivity contribution in [1.82, 2.24) is 4.57 Å². The van der Waals surface area contributed by atoms with Gasteiger partial charge in [0.2, 0.25) is 0 Å². The SMILES string of the molecule is Cc1cc2ccccc2n1CC(=O)OCc1cccc2c1OCCO2. The second-order valence-corrected chi connectivity index (χ2v) is 6.03. The minimum absolute atomic E-state index is 0.170. The highest BCUT2D eigenvalue weighted by Gasteiger charge is 2.17. The first-order valence-corrected chi connectivity index (χ1v) is 8.30. The lowest BCUT2D eigenvalue weighted by molar-refractivity contribution is -0.145. The van der Waals surface area contributed by atoms with Crippen molar-refractivity contribution in [2.75, 3.05) is 13.2 Å². The van der Waals surface area contributed by atoms with Crippen LogP contribution in [0.3, 0.4) is 0 Å². The number of fused-ring (bicyclic) bond motifs is 2. The fraction of sp³-hybridized carbons (Fsp3) is 0.250. The van der Waals surface area contributed by atoms with Gasteiger partial charge in [0.05, 0.1) is 0 Å². The molecule has 0 amide bonds. The zero-order valence-electron chi connectivity index (χ0n) is 14.0. The monoisotopic (exact) mass is 337 g/mol. The second kappa shape index (κ2) is 6.51. The van der Waals surface area contributed by atoms with E-state index in [0.29, 0.717) is 24.7 Å². The number of nitrogens with zero attached hydrogens (tertiary/aromatic N) is 1. The van der Waals surface area contributed by atoms with Crippen LogP contribution in [0.1, 0.15) is 11.3 Å². The largest absolute Gasteiger partial charge is 0.486 e. The molecule has 0 spiro atoms. The molecule has 2 heterocycles. The van der Waals surface area contributed by atoms with E-state index in [0.717, 1.165) is 22.2 Å². The van der Waals surface area contributed by atoms with Crippen LogP contribution in [-0.4, -0.2) is 23.8 Å². The van der Waals surface area contributed by atoms with Crippen LogP contribution >= 0.6 is 0 Å². The van der Waals surface area contributed by atoms with Crippen LogP contribution in [0.2, 0.25) is 0 Å². The first-order valence-electron chi connectivity index (χ1n) is 8.30. The van der Waals surface area contributed by atoms with E-state index < -0.39 is 0 Å². The van der Waals surface area contributed by atoms with Gasteiger partial charge in [-0.2, -0.15) is 0 Å². The molecule has 0 radical (unpaired) electrons. The third kappa shape index (κ3) is 3.05. The quantitative estimate of drug-likeness (QED) is 0.684. The minimum Gasteiger partial charge on any atom is -0.486 e. The molecule has 0 N–H and O–H groups in total. The van der Waals surface area contributed by atoms with Gasteiger partial charge in [0.15, 0.2) is 11.5 Å². The van der Waals surface area contributed by atoms with Crippen molar-refractivity contribution in [3.05, 3.63) is 59.8 Å². The predicted molar refractivity (Wildman–Crippen MR) is 93.9 cm³/mol. The lowest BCUT2D eigenvalue weighted by atomic mass is 10.2. The highest BCUT2D eigenvalue weighted by molar-refractivity contribution is 5.83. The Morgan fingerprint density at radius 2 is 1.96 bits per heavy atom. The van der Waals surface area contributed by atoms with Crippen LogP contribution < -0.4 is 9.47 Å². The molecule has 0 unspecified atom stereocenters. The van der Waals surface area contributed by atoms with E-state index in [4.69, 9.17) is 14.2 Å². The van der Waals surface area contributed by atoms with E-state index in [-0.39, 0.29) is 19.1 Å². The van der Waals surface area contributed by atoms with Gasteiger partial charge in [-0.3, -0.25) is 4.79 Å². The number of ether oxygens (including phenoxy) is 3. The summed E-state index contributed by atoms with van der Waals surface area (Å²) in [7, 11) is 0. The molecule has 25 heavy (non-hydrogen) atoms. The molecule has 0 saturated heterocycles. The fourth-order valence-corrected chi connectivity index (χ4v) is 3.14. The Morgan fingerprint density at radius 3 is 2.88 bits per heavy atom. The van der Waals surface area contributed by atoms with Gasteiger partial charge in [0.25, 0.3) is 0 Å². The van der Waals surface area contributed by atoms with E-state index >= 15 is 0 Å². The number of hydrogen-bond donors (Lipinski definition) is 0. The van der Waals surface area contributed by atoms with Gasteiger partial charge in [-0.15, -0.1) is 0 Å². The van der Waals surface area contributed by atoms with E-state index in [2.05, 4.69) is 6.07 Å². The van der Waals surface area contributed by atoms with Crippen molar-refractivity contribution in [3.63, 3.8) is 0 Å². The lowest BCUT2D eigenvalue weighted by Crippen LogP contribution is -2.18. The van der Waals surface area contributed by atoms with Crippen LogP contribution in [0.5, 0.6) is 11.5 Å². The molecule has 4 rings (SSSR count). The van der Waals surface area contributed by atoms with E-state index in [9.17, 15) is 4.79 Å². The van der Waals surface area contributed by atoms with Crippen LogP contribution in [0.15, 0.2) is 48.5 Å². The number of aromatic nitrogens is 1. The molecule has 0 fully saturated rings. The van der Waals surface area contributed by atoms with E-state index in [1.165, 1.54) is 0 Å². The van der Waals surface area contributed by atoms with Gasteiger partial charge >= 0.3 is 5.97 Å². The summed E-state index contributed by atoms with van der Waals surface area (Å²) in [6.45, 7) is 3.39. The molecule has 0 bridgehead atoms. The van der Waals surface area contributed by atoms with Crippen molar-refractivity contribution in [2.24, 2.45) is 0 Å². The molecule has 5 heteroatoms. The van der Waals surface area contributed by atoms with Crippen molar-refractivity contribution in [1.29, 1.82) is 0 Å². The second-order valence-electron chi connectivity index (χ2n) is 6.03. The number of rotatable bonds is 4. The summed E-state index contributed by atoms with van der Waals surface area (Å²) in [4.78, 5) is 12.3. The predicted octanol–water partition coefficient (Wildman–Crippen LogP) is 3.46. The Labute approximate surface area is 145 Å². The minimum atomic E-state index is -0.279. The lowest BCUT2D eigenvalue weighted by Gasteiger charge is -2.20. The summed E-state index contributed by atoms with van der Waals surface area (Å²) in [5.74, 6) is 1.09. The first kappa shape index (κ1) is 15.6. The topological polar surface area (TPSA) is 49.7 Å². The van der Waals surface area contributed by atoms with Crippen LogP contribution in [0, 0.1) is 6.92 Å². The summed E-state index contributed by atoms with van der Waals surface area (Å²) in [5.41, 5.74) is 2.89. The first-order chi connectivity index (χ1) is 12.2. The van der Waals surface area contributed by atoms with Gasteiger partial charge in [0, 0.05) is 16.8 Å². The third-order valence-corrected chi connectivity index (χ3v) is 4.34. The molecule has 1 aliphatic rings. The zero-order chi connectivity index (χ0) is 17.2. The van der Waals surface area contributed by atoms with Gasteiger partial charge < -0.3 is 18.8 Å². The maximum absolute atomic E-state index is 12.3. The molecular formula is C20H19NO4. The zero-order valence-corrected chi connectivity index (χ0v) is 14.0. The summed E-state index contributed by atoms with van der Waals surface area (Å²) >= 11 is 0. The number of esters is 1. The maximum Gasteiger partial charge on any atom is 0.326 e. The number of benzene rings is 2. The number of carbonyl (C=O) groups is 1. The Morgan fingerprint density at radius 1 is 1.12 bits per heavy atom. The molecule has 3 aromatic rings. The van der Waals surface area contributed by atoms with E-state index in [1.807, 2.05) is 54.0 Å². The summed E-state index contributed by atoms with van der Waals surface area (Å²) in [6.07, 6.45) is 0. The Bertz CT molecular complexity index is 929. The van der Waals surface area contributed by atoms with Crippen molar-refractivity contribution in [3.8, 4) is 11.5 Å². The number of carbonyl (C=O) groups excluding carboxylic acids is 1. The van der Waals surface area contributed by atoms with Crippen LogP contribution in [0.25, 0.3) is 10.9 Å². The number of aryl methyl sites for hydroxylation is 1. The number of para-hydroxylation sites is 2. The van der Waals surface area contributed by atoms with Crippen molar-refractivity contribution in [2.45, 2.75) is 20.1 Å². The van der Waals surface area contributed by atoms with Crippen LogP contribution in [0.4, 0.5) is 0 Å². The van der Waals surface area contributed by atoms with Gasteiger partial charge in [-0.1, -0.05) is 30.3 Å². The van der Waals surface area contributed by atoms with Gasteiger partial charge in [-0.05, 0) is 30.5 Å². The van der Waals surface area contributed by atoms with Crippen molar-refractivity contribution >= 4 is 16.9 Å². The van der Waals surface area contributed by atoms with Gasteiger partial charge in [-0.25, -0.2) is 0 Å². The summed E-state index contributed by atoms with van der Waals surface area (Å²) in [6, 6.07) is 15.7. The molecule has 5 nitrogen and oxygen atoms in total. The standard InChI is InChI=1S/C20H19NO4/c1-14-11-15-5-2-3-7-17(15)21(14)12-19(22)25-13-16-6-4-8-18-20(16)24-10-9-23-18/h2-8,11H,9-10,12-13H2,1H3. The summed E-state index contributed by atoms with van der Waals surface area (Å²) < 4.78 is 18.6. The normalized spacial score (nSPS) is 13.0. The van der Waals surface area contributed by atoms with Crippen LogP contribution in [-0.2, 0) is 22.7 Å². The molecule has 1 aromatic heterocycles. The molecule has 2 aromatic carbocycles. The smallest absolute Gasteiger partial charge is 0.326 e. The van der Waals surface area contributed by atoms with Crippen molar-refractivity contribution < 1.29 is 19.0 Å². The Hall–Kier alpha value is -2.95. The molecule has 128 valence electrons. The maximum atomic E-state index is 12.3. The molecular weight excluding hydrogens is 318 g/mol. The highest BCUT2D eigenvalue weighted by Crippen LogP contribution is 2.34. The Balaban J connectivity index is 1.47. The average Bonchev–Trinajstić information content (AvgIpc) is 2.95. The highest BCUT2D eigenvalue weighted by atomic mass is 16.6. The van der Waals surface area contributed by atoms with Gasteiger partial charge in [0.1, 0.15) is 26.4 Å². The fourth-order valence-electron chi connectivity index (χ4n) is 3.14. The Kier molecular flexibility index (Phi) is 4.06. The number of hydrogen-bond acceptors (Lipinski definition) is 4. The molecule has 0 atom stereocenters. The summed E-state index contributed by atoms with van der Waals surface area (Å²) in [5, 5.41) is 1.12. The molecule has 0 saturated carbocycles. The van der Waals surface area contributed by atoms with E-state index in [1.54, 1.807) is 0 Å². The molecule has 1 aliphatic heterocycles. The average molecular weight is 337 g/mol.